The van der Waals surface area contributed by atoms with E-state index in [-0.39, 0.29) is 25.3 Å². The first kappa shape index (κ1) is 30.1. The van der Waals surface area contributed by atoms with Gasteiger partial charge in [0.15, 0.2) is 11.5 Å². The van der Waals surface area contributed by atoms with Crippen LogP contribution < -0.4 is 20.1 Å². The Bertz CT molecular complexity index is 1200. The summed E-state index contributed by atoms with van der Waals surface area (Å²) in [5.74, 6) is -0.639. The standard InChI is InChI=1S/C31H38F2N2O4/c1-4-11-39-29-10-9-22(16-30(29)38-3)17-31(37)35-27(15-24-13-25(32)18-26(33)14-24)28(36)20-34-19-23-8-6-7-21(5-2)12-23/h6-10,12-14,16,18,27-28,34,36H,4-5,11,15,17,19-20H2,1-3H3,(H,35,37)/t27-,28+/m0/s1. The number of methoxy groups -OCH3 is 1. The maximum Gasteiger partial charge on any atom is 0.224 e. The molecule has 0 fully saturated rings. The second kappa shape index (κ2) is 15.2. The Hall–Kier alpha value is -3.49. The molecule has 0 saturated carbocycles. The topological polar surface area (TPSA) is 79.8 Å². The number of ether oxygens (including phenoxy) is 2. The lowest BCUT2D eigenvalue weighted by molar-refractivity contribution is -0.122. The summed E-state index contributed by atoms with van der Waals surface area (Å²) in [6.07, 6.45) is 0.861. The number of rotatable bonds is 15. The fourth-order valence-electron chi connectivity index (χ4n) is 4.33. The molecule has 3 aromatic carbocycles. The van der Waals surface area contributed by atoms with Crippen LogP contribution in [-0.2, 0) is 30.6 Å². The van der Waals surface area contributed by atoms with Crippen molar-refractivity contribution in [1.82, 2.24) is 10.6 Å². The first-order valence-corrected chi connectivity index (χ1v) is 13.3. The van der Waals surface area contributed by atoms with E-state index in [1.807, 2.05) is 19.1 Å². The average molecular weight is 541 g/mol. The predicted octanol–water partition coefficient (Wildman–Crippen LogP) is 4.75. The molecule has 3 rings (SSSR count). The van der Waals surface area contributed by atoms with Crippen LogP contribution in [0.3, 0.4) is 0 Å². The van der Waals surface area contributed by atoms with Crippen molar-refractivity contribution in [2.24, 2.45) is 0 Å². The number of hydrogen-bond acceptors (Lipinski definition) is 5. The Morgan fingerprint density at radius 1 is 0.923 bits per heavy atom. The Balaban J connectivity index is 1.69. The van der Waals surface area contributed by atoms with Gasteiger partial charge in [0.2, 0.25) is 5.91 Å². The summed E-state index contributed by atoms with van der Waals surface area (Å²) in [6, 6.07) is 15.9. The van der Waals surface area contributed by atoms with Crippen LogP contribution in [0.25, 0.3) is 0 Å². The van der Waals surface area contributed by atoms with Gasteiger partial charge in [0.25, 0.3) is 0 Å². The van der Waals surface area contributed by atoms with Gasteiger partial charge in [-0.3, -0.25) is 4.79 Å². The van der Waals surface area contributed by atoms with Crippen LogP contribution in [0.2, 0.25) is 0 Å². The minimum atomic E-state index is -1.01. The third-order valence-corrected chi connectivity index (χ3v) is 6.33. The Kier molecular flexibility index (Phi) is 11.7. The summed E-state index contributed by atoms with van der Waals surface area (Å²) >= 11 is 0. The highest BCUT2D eigenvalue weighted by atomic mass is 19.1. The molecule has 0 aliphatic heterocycles. The number of aryl methyl sites for hydroxylation is 1. The van der Waals surface area contributed by atoms with Gasteiger partial charge in [-0.15, -0.1) is 0 Å². The number of halogens is 2. The Morgan fingerprint density at radius 3 is 2.36 bits per heavy atom. The summed E-state index contributed by atoms with van der Waals surface area (Å²) in [6.45, 7) is 5.36. The molecule has 3 aromatic rings. The number of nitrogens with one attached hydrogen (secondary N) is 2. The van der Waals surface area contributed by atoms with Crippen molar-refractivity contribution in [2.75, 3.05) is 20.3 Å². The molecule has 39 heavy (non-hydrogen) atoms. The predicted molar refractivity (Wildman–Crippen MR) is 148 cm³/mol. The Labute approximate surface area is 229 Å². The normalized spacial score (nSPS) is 12.6. The first-order valence-electron chi connectivity index (χ1n) is 13.3. The molecule has 8 heteroatoms. The van der Waals surface area contributed by atoms with Gasteiger partial charge in [-0.25, -0.2) is 8.78 Å². The average Bonchev–Trinajstić information content (AvgIpc) is 2.91. The third-order valence-electron chi connectivity index (χ3n) is 6.33. The maximum absolute atomic E-state index is 13.8. The second-order valence-corrected chi connectivity index (χ2v) is 9.54. The third kappa shape index (κ3) is 9.64. The van der Waals surface area contributed by atoms with Gasteiger partial charge in [0.1, 0.15) is 11.6 Å². The zero-order valence-electron chi connectivity index (χ0n) is 22.8. The lowest BCUT2D eigenvalue weighted by atomic mass is 10.00. The molecule has 6 nitrogen and oxygen atoms in total. The van der Waals surface area contributed by atoms with E-state index in [9.17, 15) is 18.7 Å². The summed E-state index contributed by atoms with van der Waals surface area (Å²) in [5, 5.41) is 17.1. The molecule has 210 valence electrons. The molecule has 3 N–H and O–H groups in total. The highest BCUT2D eigenvalue weighted by molar-refractivity contribution is 5.79. The van der Waals surface area contributed by atoms with Gasteiger partial charge in [-0.1, -0.05) is 44.2 Å². The molecule has 1 amide bonds. The summed E-state index contributed by atoms with van der Waals surface area (Å²) < 4.78 is 38.8. The quantitative estimate of drug-likeness (QED) is 0.259. The van der Waals surface area contributed by atoms with Crippen molar-refractivity contribution in [1.29, 1.82) is 0 Å². The van der Waals surface area contributed by atoms with E-state index in [1.54, 1.807) is 18.2 Å². The summed E-state index contributed by atoms with van der Waals surface area (Å²) in [5.41, 5.74) is 3.34. The van der Waals surface area contributed by atoms with Crippen LogP contribution in [0, 0.1) is 11.6 Å². The van der Waals surface area contributed by atoms with Crippen LogP contribution >= 0.6 is 0 Å². The number of aliphatic hydroxyl groups excluding tert-OH is 1. The number of hydrogen-bond donors (Lipinski definition) is 3. The van der Waals surface area contributed by atoms with Gasteiger partial charge in [0, 0.05) is 19.2 Å². The van der Waals surface area contributed by atoms with E-state index >= 15 is 0 Å². The van der Waals surface area contributed by atoms with Gasteiger partial charge in [-0.05, 0) is 65.8 Å². The molecule has 0 aliphatic rings. The van der Waals surface area contributed by atoms with Gasteiger partial charge in [-0.2, -0.15) is 0 Å². The minimum Gasteiger partial charge on any atom is -0.493 e. The largest absolute Gasteiger partial charge is 0.493 e. The first-order chi connectivity index (χ1) is 18.8. The maximum atomic E-state index is 13.8. The number of aliphatic hydroxyl groups is 1. The highest BCUT2D eigenvalue weighted by Gasteiger charge is 2.23. The number of benzene rings is 3. The molecule has 0 saturated heterocycles. The molecule has 2 atom stereocenters. The molecule has 0 heterocycles. The van der Waals surface area contributed by atoms with Crippen LogP contribution in [0.5, 0.6) is 11.5 Å². The second-order valence-electron chi connectivity index (χ2n) is 9.54. The molecular weight excluding hydrogens is 502 g/mol. The van der Waals surface area contributed by atoms with E-state index < -0.39 is 23.8 Å². The molecule has 0 unspecified atom stereocenters. The molecule has 0 spiro atoms. The molecule has 0 bridgehead atoms. The van der Waals surface area contributed by atoms with Crippen LogP contribution in [0.1, 0.15) is 42.5 Å². The summed E-state index contributed by atoms with van der Waals surface area (Å²) in [7, 11) is 1.54. The van der Waals surface area contributed by atoms with Crippen molar-refractivity contribution >= 4 is 5.91 Å². The Morgan fingerprint density at radius 2 is 1.67 bits per heavy atom. The summed E-state index contributed by atoms with van der Waals surface area (Å²) in [4.78, 5) is 13.0. The highest BCUT2D eigenvalue weighted by Crippen LogP contribution is 2.28. The number of carbonyl (C=O) groups is 1. The van der Waals surface area contributed by atoms with E-state index in [0.29, 0.717) is 35.8 Å². The van der Waals surface area contributed by atoms with Crippen molar-refractivity contribution < 1.29 is 28.2 Å². The number of carbonyl (C=O) groups excluding carboxylic acids is 1. The van der Waals surface area contributed by atoms with Gasteiger partial charge >= 0.3 is 0 Å². The van der Waals surface area contributed by atoms with E-state index in [0.717, 1.165) is 24.5 Å². The van der Waals surface area contributed by atoms with E-state index in [4.69, 9.17) is 9.47 Å². The molecular formula is C31H38F2N2O4. The smallest absolute Gasteiger partial charge is 0.224 e. The van der Waals surface area contributed by atoms with E-state index in [2.05, 4.69) is 29.7 Å². The van der Waals surface area contributed by atoms with Crippen molar-refractivity contribution in [2.45, 2.75) is 58.2 Å². The minimum absolute atomic E-state index is 0.0301. The van der Waals surface area contributed by atoms with E-state index in [1.165, 1.54) is 24.8 Å². The molecule has 0 radical (unpaired) electrons. The van der Waals surface area contributed by atoms with Crippen molar-refractivity contribution in [3.63, 3.8) is 0 Å². The molecule has 0 aromatic heterocycles. The zero-order valence-corrected chi connectivity index (χ0v) is 22.8. The van der Waals surface area contributed by atoms with Crippen molar-refractivity contribution in [3.05, 3.63) is 94.6 Å². The fourth-order valence-corrected chi connectivity index (χ4v) is 4.33. The fraction of sp³-hybridized carbons (Fsp3) is 0.387. The SMILES string of the molecule is CCCOc1ccc(CC(=O)N[C@@H](Cc2cc(F)cc(F)c2)[C@H](O)CNCc2cccc(CC)c2)cc1OC. The zero-order chi connectivity index (χ0) is 28.2. The van der Waals surface area contributed by atoms with Crippen LogP contribution in [0.15, 0.2) is 60.7 Å². The number of amides is 1. The van der Waals surface area contributed by atoms with Crippen LogP contribution in [0.4, 0.5) is 8.78 Å². The van der Waals surface area contributed by atoms with Crippen LogP contribution in [-0.4, -0.2) is 43.4 Å². The lowest BCUT2D eigenvalue weighted by Crippen LogP contribution is -2.49. The monoisotopic (exact) mass is 540 g/mol. The molecule has 0 aliphatic carbocycles. The van der Waals surface area contributed by atoms with Gasteiger partial charge in [0.05, 0.1) is 32.3 Å². The van der Waals surface area contributed by atoms with Crippen molar-refractivity contribution in [3.8, 4) is 11.5 Å². The van der Waals surface area contributed by atoms with Gasteiger partial charge < -0.3 is 25.2 Å². The lowest BCUT2D eigenvalue weighted by Gasteiger charge is -2.25.